The predicted molar refractivity (Wildman–Crippen MR) is 82.4 cm³/mol. The van der Waals surface area contributed by atoms with Crippen molar-refractivity contribution in [2.24, 2.45) is 0 Å². The highest BCUT2D eigenvalue weighted by atomic mass is 79.9. The van der Waals surface area contributed by atoms with Gasteiger partial charge in [-0.3, -0.25) is 4.79 Å². The molecule has 104 valence electrons. The molecule has 3 N–H and O–H groups in total. The summed E-state index contributed by atoms with van der Waals surface area (Å²) in [5.41, 5.74) is 8.82. The maximum absolute atomic E-state index is 13.9. The number of benzene rings is 2. The van der Waals surface area contributed by atoms with Gasteiger partial charge >= 0.3 is 0 Å². The minimum absolute atomic E-state index is 0.0306. The van der Waals surface area contributed by atoms with E-state index in [0.29, 0.717) is 11.4 Å². The van der Waals surface area contributed by atoms with Crippen molar-refractivity contribution in [3.8, 4) is 0 Å². The van der Waals surface area contributed by atoms with E-state index < -0.39 is 11.7 Å². The first-order valence-electron chi connectivity index (χ1n) is 6.02. The molecule has 0 heterocycles. The molecular weight excluding hydrogens is 323 g/mol. The highest BCUT2D eigenvalue weighted by molar-refractivity contribution is 9.10. The standard InChI is InChI=1S/C15H14BrFN2O/c1-8-6-12(18)13(7-9(8)2)19-15(20)10-4-3-5-11(16)14(10)17/h3-7H,18H2,1-2H3,(H,19,20). The fourth-order valence-electron chi connectivity index (χ4n) is 1.82. The van der Waals surface area contributed by atoms with Gasteiger partial charge in [0.05, 0.1) is 21.4 Å². The first-order valence-corrected chi connectivity index (χ1v) is 6.81. The van der Waals surface area contributed by atoms with Crippen LogP contribution in [-0.4, -0.2) is 5.91 Å². The number of carbonyl (C=O) groups is 1. The molecule has 2 aromatic carbocycles. The molecule has 0 aromatic heterocycles. The van der Waals surface area contributed by atoms with E-state index in [1.165, 1.54) is 12.1 Å². The molecule has 0 atom stereocenters. The molecule has 0 unspecified atom stereocenters. The number of nitrogen functional groups attached to an aromatic ring is 1. The lowest BCUT2D eigenvalue weighted by atomic mass is 10.1. The Labute approximate surface area is 125 Å². The molecule has 1 amide bonds. The molecular formula is C15H14BrFN2O. The normalized spacial score (nSPS) is 10.4. The molecule has 0 fully saturated rings. The number of carbonyl (C=O) groups excluding carboxylic acids is 1. The largest absolute Gasteiger partial charge is 0.397 e. The second-order valence-corrected chi connectivity index (χ2v) is 5.43. The van der Waals surface area contributed by atoms with E-state index in [1.54, 1.807) is 18.2 Å². The van der Waals surface area contributed by atoms with Crippen LogP contribution < -0.4 is 11.1 Å². The van der Waals surface area contributed by atoms with Gasteiger partial charge in [-0.25, -0.2) is 4.39 Å². The van der Waals surface area contributed by atoms with Crippen LogP contribution in [0.4, 0.5) is 15.8 Å². The van der Waals surface area contributed by atoms with E-state index in [2.05, 4.69) is 21.2 Å². The fourth-order valence-corrected chi connectivity index (χ4v) is 2.18. The van der Waals surface area contributed by atoms with Crippen LogP contribution >= 0.6 is 15.9 Å². The van der Waals surface area contributed by atoms with Gasteiger partial charge < -0.3 is 11.1 Å². The fraction of sp³-hybridized carbons (Fsp3) is 0.133. The Morgan fingerprint density at radius 2 is 1.90 bits per heavy atom. The number of amides is 1. The SMILES string of the molecule is Cc1cc(N)c(NC(=O)c2cccc(Br)c2F)cc1C. The topological polar surface area (TPSA) is 55.1 Å². The number of nitrogens with one attached hydrogen (secondary N) is 1. The molecule has 0 aliphatic rings. The van der Waals surface area contributed by atoms with Crippen molar-refractivity contribution < 1.29 is 9.18 Å². The summed E-state index contributed by atoms with van der Waals surface area (Å²) < 4.78 is 14.1. The smallest absolute Gasteiger partial charge is 0.258 e. The Morgan fingerprint density at radius 3 is 2.60 bits per heavy atom. The third kappa shape index (κ3) is 2.82. The molecule has 3 nitrogen and oxygen atoms in total. The van der Waals surface area contributed by atoms with Crippen LogP contribution in [-0.2, 0) is 0 Å². The summed E-state index contributed by atoms with van der Waals surface area (Å²) in [4.78, 5) is 12.1. The number of hydrogen-bond acceptors (Lipinski definition) is 2. The van der Waals surface area contributed by atoms with Gasteiger partial charge in [0.1, 0.15) is 5.82 Å². The minimum Gasteiger partial charge on any atom is -0.397 e. The molecule has 0 radical (unpaired) electrons. The summed E-state index contributed by atoms with van der Waals surface area (Å²) >= 11 is 3.06. The maximum atomic E-state index is 13.9. The van der Waals surface area contributed by atoms with Crippen LogP contribution in [0.15, 0.2) is 34.8 Å². The predicted octanol–water partition coefficient (Wildman–Crippen LogP) is 4.04. The molecule has 0 aliphatic carbocycles. The second kappa shape index (κ2) is 5.63. The molecule has 0 bridgehead atoms. The number of nitrogens with two attached hydrogens (primary N) is 1. The third-order valence-electron chi connectivity index (χ3n) is 3.11. The van der Waals surface area contributed by atoms with Crippen LogP contribution in [0, 0.1) is 19.7 Å². The minimum atomic E-state index is -0.590. The molecule has 0 saturated carbocycles. The van der Waals surface area contributed by atoms with Crippen molar-refractivity contribution in [1.82, 2.24) is 0 Å². The summed E-state index contributed by atoms with van der Waals surface area (Å²) in [6.45, 7) is 3.86. The quantitative estimate of drug-likeness (QED) is 0.813. The van der Waals surface area contributed by atoms with Crippen molar-refractivity contribution in [3.63, 3.8) is 0 Å². The van der Waals surface area contributed by atoms with Crippen LogP contribution in [0.1, 0.15) is 21.5 Å². The van der Waals surface area contributed by atoms with E-state index in [-0.39, 0.29) is 10.0 Å². The Morgan fingerprint density at radius 1 is 1.25 bits per heavy atom. The van der Waals surface area contributed by atoms with Gasteiger partial charge in [0, 0.05) is 0 Å². The Bertz CT molecular complexity index is 686. The van der Waals surface area contributed by atoms with Crippen LogP contribution in [0.5, 0.6) is 0 Å². The zero-order valence-electron chi connectivity index (χ0n) is 11.1. The van der Waals surface area contributed by atoms with Gasteiger partial charge in [0.2, 0.25) is 0 Å². The molecule has 0 spiro atoms. The average Bonchev–Trinajstić information content (AvgIpc) is 2.39. The average molecular weight is 337 g/mol. The van der Waals surface area contributed by atoms with Crippen molar-refractivity contribution >= 4 is 33.2 Å². The van der Waals surface area contributed by atoms with E-state index in [9.17, 15) is 9.18 Å². The first kappa shape index (κ1) is 14.5. The van der Waals surface area contributed by atoms with E-state index in [4.69, 9.17) is 5.73 Å². The molecule has 2 rings (SSSR count). The van der Waals surface area contributed by atoms with Gasteiger partial charge in [0.25, 0.3) is 5.91 Å². The van der Waals surface area contributed by atoms with Gasteiger partial charge in [-0.05, 0) is 65.2 Å². The monoisotopic (exact) mass is 336 g/mol. The molecule has 2 aromatic rings. The van der Waals surface area contributed by atoms with Gasteiger partial charge in [-0.2, -0.15) is 0 Å². The molecule has 5 heteroatoms. The number of rotatable bonds is 2. The number of aryl methyl sites for hydroxylation is 2. The van der Waals surface area contributed by atoms with Crippen molar-refractivity contribution in [2.75, 3.05) is 11.1 Å². The highest BCUT2D eigenvalue weighted by Crippen LogP contribution is 2.25. The van der Waals surface area contributed by atoms with Crippen LogP contribution in [0.3, 0.4) is 0 Å². The lowest BCUT2D eigenvalue weighted by Gasteiger charge is -2.11. The Hall–Kier alpha value is -1.88. The maximum Gasteiger partial charge on any atom is 0.258 e. The van der Waals surface area contributed by atoms with Crippen molar-refractivity contribution in [2.45, 2.75) is 13.8 Å². The highest BCUT2D eigenvalue weighted by Gasteiger charge is 2.15. The molecule has 0 saturated heterocycles. The number of anilines is 2. The van der Waals surface area contributed by atoms with Crippen molar-refractivity contribution in [3.05, 3.63) is 57.3 Å². The van der Waals surface area contributed by atoms with Crippen LogP contribution in [0.25, 0.3) is 0 Å². The van der Waals surface area contributed by atoms with Gasteiger partial charge in [-0.15, -0.1) is 0 Å². The summed E-state index contributed by atoms with van der Waals surface area (Å²) in [5, 5.41) is 2.64. The zero-order chi connectivity index (χ0) is 14.9. The Kier molecular flexibility index (Phi) is 4.09. The Balaban J connectivity index is 2.33. The van der Waals surface area contributed by atoms with E-state index >= 15 is 0 Å². The van der Waals surface area contributed by atoms with Crippen LogP contribution in [0.2, 0.25) is 0 Å². The number of hydrogen-bond donors (Lipinski definition) is 2. The lowest BCUT2D eigenvalue weighted by molar-refractivity contribution is 0.102. The third-order valence-corrected chi connectivity index (χ3v) is 3.72. The van der Waals surface area contributed by atoms with Gasteiger partial charge in [0.15, 0.2) is 0 Å². The summed E-state index contributed by atoms with van der Waals surface area (Å²) in [6, 6.07) is 8.12. The molecule has 20 heavy (non-hydrogen) atoms. The molecule has 0 aliphatic heterocycles. The van der Waals surface area contributed by atoms with E-state index in [0.717, 1.165) is 11.1 Å². The lowest BCUT2D eigenvalue weighted by Crippen LogP contribution is -2.15. The summed E-state index contributed by atoms with van der Waals surface area (Å²) in [5.74, 6) is -1.12. The second-order valence-electron chi connectivity index (χ2n) is 4.58. The summed E-state index contributed by atoms with van der Waals surface area (Å²) in [6.07, 6.45) is 0. The van der Waals surface area contributed by atoms with Gasteiger partial charge in [-0.1, -0.05) is 6.07 Å². The van der Waals surface area contributed by atoms with Crippen molar-refractivity contribution in [1.29, 1.82) is 0 Å². The first-order chi connectivity index (χ1) is 9.40. The summed E-state index contributed by atoms with van der Waals surface area (Å²) in [7, 11) is 0. The zero-order valence-corrected chi connectivity index (χ0v) is 12.7. The number of halogens is 2. The van der Waals surface area contributed by atoms with E-state index in [1.807, 2.05) is 13.8 Å².